The van der Waals surface area contributed by atoms with Crippen LogP contribution in [-0.4, -0.2) is 22.6 Å². The minimum Gasteiger partial charge on any atom is -0.444 e. The van der Waals surface area contributed by atoms with Crippen LogP contribution in [0.3, 0.4) is 0 Å². The van der Waals surface area contributed by atoms with Crippen molar-refractivity contribution in [2.24, 2.45) is 5.41 Å². The van der Waals surface area contributed by atoms with Gasteiger partial charge in [0.05, 0.1) is 5.69 Å². The zero-order valence-electron chi connectivity index (χ0n) is 18.1. The van der Waals surface area contributed by atoms with Gasteiger partial charge in [-0.05, 0) is 50.2 Å². The molecule has 2 rings (SSSR count). The molecule has 7 heteroatoms. The summed E-state index contributed by atoms with van der Waals surface area (Å²) in [5.41, 5.74) is 2.71. The smallest absolute Gasteiger partial charge is 0.407 e. The molecule has 0 unspecified atom stereocenters. The molecule has 0 aliphatic carbocycles. The second-order valence-electron chi connectivity index (χ2n) is 9.02. The molecule has 0 saturated carbocycles. The third-order valence-electron chi connectivity index (χ3n) is 4.00. The number of carbonyl (C=O) groups excluding carboxylic acids is 2. The van der Waals surface area contributed by atoms with Crippen molar-refractivity contribution < 1.29 is 14.3 Å². The van der Waals surface area contributed by atoms with Gasteiger partial charge in [0.1, 0.15) is 5.60 Å². The van der Waals surface area contributed by atoms with Gasteiger partial charge in [-0.25, -0.2) is 9.78 Å². The number of amides is 2. The molecule has 2 amide bonds. The first kappa shape index (κ1) is 22.9. The Morgan fingerprint density at radius 2 is 1.79 bits per heavy atom. The maximum Gasteiger partial charge on any atom is 0.407 e. The van der Waals surface area contributed by atoms with Crippen LogP contribution in [0.4, 0.5) is 9.93 Å². The summed E-state index contributed by atoms with van der Waals surface area (Å²) >= 11 is 1.45. The quantitative estimate of drug-likeness (QED) is 0.669. The van der Waals surface area contributed by atoms with Crippen LogP contribution in [0.25, 0.3) is 0 Å². The Balaban J connectivity index is 1.94. The van der Waals surface area contributed by atoms with Crippen LogP contribution in [0.15, 0.2) is 29.6 Å². The summed E-state index contributed by atoms with van der Waals surface area (Å²) in [4.78, 5) is 27.5. The molecule has 2 aromatic rings. The van der Waals surface area contributed by atoms with Crippen molar-refractivity contribution in [2.75, 3.05) is 5.32 Å². The summed E-state index contributed by atoms with van der Waals surface area (Å²) in [6, 6.07) is 8.22. The Morgan fingerprint density at radius 1 is 1.10 bits per heavy atom. The Morgan fingerprint density at radius 3 is 2.45 bits per heavy atom. The zero-order valence-corrected chi connectivity index (χ0v) is 18.9. The number of benzene rings is 1. The maximum absolute atomic E-state index is 11.9. The number of aromatic nitrogens is 1. The molecule has 1 aromatic carbocycles. The van der Waals surface area contributed by atoms with E-state index in [4.69, 9.17) is 4.74 Å². The summed E-state index contributed by atoms with van der Waals surface area (Å²) in [5.74, 6) is -0.109. The van der Waals surface area contributed by atoms with Crippen LogP contribution < -0.4 is 10.6 Å². The lowest BCUT2D eigenvalue weighted by molar-refractivity contribution is -0.114. The van der Waals surface area contributed by atoms with Gasteiger partial charge in [-0.1, -0.05) is 38.1 Å². The molecule has 6 nitrogen and oxygen atoms in total. The van der Waals surface area contributed by atoms with E-state index in [2.05, 4.69) is 41.6 Å². The van der Waals surface area contributed by atoms with E-state index >= 15 is 0 Å². The van der Waals surface area contributed by atoms with Gasteiger partial charge in [-0.3, -0.25) is 4.79 Å². The molecule has 0 aliphatic rings. The minimum atomic E-state index is -0.508. The monoisotopic (exact) mass is 417 g/mol. The van der Waals surface area contributed by atoms with E-state index in [1.807, 2.05) is 38.3 Å². The SMILES string of the molecule is CC(=O)Nc1nc(CC(C)(C)Cc2cccc(CNC(=O)OC(C)(C)C)c2)cs1. The summed E-state index contributed by atoms with van der Waals surface area (Å²) in [7, 11) is 0. The van der Waals surface area contributed by atoms with Crippen LogP contribution in [0, 0.1) is 5.41 Å². The number of ether oxygens (including phenoxy) is 1. The highest BCUT2D eigenvalue weighted by atomic mass is 32.1. The standard InChI is InChI=1S/C22H31N3O3S/c1-15(26)24-19-25-18(14-29-19)12-22(5,6)11-16-8-7-9-17(10-16)13-23-20(27)28-21(2,3)4/h7-10,14H,11-13H2,1-6H3,(H,23,27)(H,24,25,26). The first-order chi connectivity index (χ1) is 13.4. The summed E-state index contributed by atoms with van der Waals surface area (Å²) in [6.45, 7) is 11.8. The van der Waals surface area contributed by atoms with Crippen molar-refractivity contribution in [3.05, 3.63) is 46.5 Å². The van der Waals surface area contributed by atoms with Gasteiger partial charge in [-0.2, -0.15) is 0 Å². The van der Waals surface area contributed by atoms with Crippen LogP contribution in [0.2, 0.25) is 0 Å². The Bertz CT molecular complexity index is 853. The number of alkyl carbamates (subject to hydrolysis) is 1. The van der Waals surface area contributed by atoms with E-state index in [9.17, 15) is 9.59 Å². The first-order valence-electron chi connectivity index (χ1n) is 9.68. The summed E-state index contributed by atoms with van der Waals surface area (Å²) in [5, 5.41) is 8.16. The lowest BCUT2D eigenvalue weighted by Crippen LogP contribution is -2.32. The van der Waals surface area contributed by atoms with Gasteiger partial charge >= 0.3 is 6.09 Å². The van der Waals surface area contributed by atoms with E-state index in [1.165, 1.54) is 23.8 Å². The Kier molecular flexibility index (Phi) is 7.41. The molecule has 0 fully saturated rings. The van der Waals surface area contributed by atoms with Crippen molar-refractivity contribution in [3.8, 4) is 0 Å². The fourth-order valence-corrected chi connectivity index (χ4v) is 3.80. The van der Waals surface area contributed by atoms with E-state index in [1.54, 1.807) is 0 Å². The van der Waals surface area contributed by atoms with Crippen LogP contribution >= 0.6 is 11.3 Å². The molecule has 158 valence electrons. The van der Waals surface area contributed by atoms with Gasteiger partial charge < -0.3 is 15.4 Å². The number of nitrogens with zero attached hydrogens (tertiary/aromatic N) is 1. The van der Waals surface area contributed by atoms with Crippen molar-refractivity contribution in [1.82, 2.24) is 10.3 Å². The highest BCUT2D eigenvalue weighted by Gasteiger charge is 2.21. The molecule has 0 aliphatic heterocycles. The number of carbonyl (C=O) groups is 2. The fourth-order valence-electron chi connectivity index (χ4n) is 3.04. The normalized spacial score (nSPS) is 11.8. The Hall–Kier alpha value is -2.41. The summed E-state index contributed by atoms with van der Waals surface area (Å²) in [6.07, 6.45) is 1.27. The van der Waals surface area contributed by atoms with Gasteiger partial charge in [0.2, 0.25) is 5.91 Å². The number of thiazole rings is 1. The number of rotatable bonds is 7. The van der Waals surface area contributed by atoms with Gasteiger partial charge in [0.25, 0.3) is 0 Å². The van der Waals surface area contributed by atoms with Crippen LogP contribution in [0.5, 0.6) is 0 Å². The van der Waals surface area contributed by atoms with Crippen LogP contribution in [0.1, 0.15) is 58.4 Å². The van der Waals surface area contributed by atoms with Crippen molar-refractivity contribution in [2.45, 2.75) is 66.5 Å². The van der Waals surface area contributed by atoms with E-state index in [0.29, 0.717) is 11.7 Å². The second kappa shape index (κ2) is 9.39. The van der Waals surface area contributed by atoms with Crippen molar-refractivity contribution in [3.63, 3.8) is 0 Å². The highest BCUT2D eigenvalue weighted by Crippen LogP contribution is 2.28. The van der Waals surface area contributed by atoms with E-state index < -0.39 is 11.7 Å². The lowest BCUT2D eigenvalue weighted by Gasteiger charge is -2.24. The van der Waals surface area contributed by atoms with Crippen molar-refractivity contribution >= 4 is 28.5 Å². The lowest BCUT2D eigenvalue weighted by atomic mass is 9.81. The fraction of sp³-hybridized carbons (Fsp3) is 0.500. The third kappa shape index (κ3) is 8.64. The molecule has 2 N–H and O–H groups in total. The predicted octanol–water partition coefficient (Wildman–Crippen LogP) is 4.94. The maximum atomic E-state index is 11.9. The molecule has 0 spiro atoms. The molecular weight excluding hydrogens is 386 g/mol. The number of anilines is 1. The first-order valence-corrected chi connectivity index (χ1v) is 10.6. The average Bonchev–Trinajstić information content (AvgIpc) is 2.96. The second-order valence-corrected chi connectivity index (χ2v) is 9.88. The summed E-state index contributed by atoms with van der Waals surface area (Å²) < 4.78 is 5.28. The van der Waals surface area contributed by atoms with E-state index in [-0.39, 0.29) is 11.3 Å². The predicted molar refractivity (Wildman–Crippen MR) is 117 cm³/mol. The number of hydrogen-bond acceptors (Lipinski definition) is 5. The topological polar surface area (TPSA) is 80.3 Å². The number of nitrogens with one attached hydrogen (secondary N) is 2. The van der Waals surface area contributed by atoms with Crippen molar-refractivity contribution in [1.29, 1.82) is 0 Å². The van der Waals surface area contributed by atoms with E-state index in [0.717, 1.165) is 24.1 Å². The molecule has 0 radical (unpaired) electrons. The average molecular weight is 418 g/mol. The minimum absolute atomic E-state index is 0.00121. The molecule has 1 heterocycles. The zero-order chi connectivity index (χ0) is 21.7. The molecule has 0 saturated heterocycles. The van der Waals surface area contributed by atoms with Gasteiger partial charge in [-0.15, -0.1) is 11.3 Å². The third-order valence-corrected chi connectivity index (χ3v) is 4.81. The van der Waals surface area contributed by atoms with Crippen LogP contribution in [-0.2, 0) is 28.9 Å². The molecule has 29 heavy (non-hydrogen) atoms. The number of hydrogen-bond donors (Lipinski definition) is 2. The molecule has 1 aromatic heterocycles. The van der Waals surface area contributed by atoms with Gasteiger partial charge in [0.15, 0.2) is 5.13 Å². The Labute approximate surface area is 177 Å². The molecule has 0 atom stereocenters. The highest BCUT2D eigenvalue weighted by molar-refractivity contribution is 7.13. The van der Waals surface area contributed by atoms with Gasteiger partial charge in [0, 0.05) is 18.8 Å². The molecule has 0 bridgehead atoms. The molecular formula is C22H31N3O3S. The largest absolute Gasteiger partial charge is 0.444 e.